The van der Waals surface area contributed by atoms with Crippen LogP contribution in [0.2, 0.25) is 0 Å². The van der Waals surface area contributed by atoms with Crippen LogP contribution in [0, 0.1) is 0 Å². The Kier molecular flexibility index (Phi) is 3.18. The van der Waals surface area contributed by atoms with E-state index in [2.05, 4.69) is 34.8 Å². The Hall–Kier alpha value is -0.420. The second-order valence-electron chi connectivity index (χ2n) is 3.79. The number of piperazine rings is 1. The third-order valence-electron chi connectivity index (χ3n) is 2.85. The Morgan fingerprint density at radius 2 is 2.57 bits per heavy atom. The molecular formula is C10H17N3S. The summed E-state index contributed by atoms with van der Waals surface area (Å²) < 4.78 is 0. The van der Waals surface area contributed by atoms with Crippen molar-refractivity contribution >= 4 is 11.3 Å². The van der Waals surface area contributed by atoms with Gasteiger partial charge in [-0.3, -0.25) is 4.90 Å². The summed E-state index contributed by atoms with van der Waals surface area (Å²) in [6.45, 7) is 3.16. The molecule has 1 fully saturated rings. The molecule has 0 radical (unpaired) electrons. The average molecular weight is 211 g/mol. The monoisotopic (exact) mass is 211 g/mol. The molecule has 14 heavy (non-hydrogen) atoms. The predicted octanol–water partition coefficient (Wildman–Crippen LogP) is 0.652. The Balaban J connectivity index is 2.06. The standard InChI is InChI=1S/C10H17N3S/c1-13-5-4-12-7-8(13)10(11)9-3-2-6-14-9/h2-3,6,8,10,12H,4-5,7,11H2,1H3. The molecule has 1 aromatic heterocycles. The third kappa shape index (κ3) is 1.98. The van der Waals surface area contributed by atoms with Crippen molar-refractivity contribution in [2.75, 3.05) is 26.7 Å². The lowest BCUT2D eigenvalue weighted by Crippen LogP contribution is -2.53. The van der Waals surface area contributed by atoms with Crippen molar-refractivity contribution in [3.05, 3.63) is 22.4 Å². The normalized spacial score (nSPS) is 26.3. The van der Waals surface area contributed by atoms with Crippen LogP contribution in [0.1, 0.15) is 10.9 Å². The molecule has 1 aliphatic rings. The second kappa shape index (κ2) is 4.40. The highest BCUT2D eigenvalue weighted by Crippen LogP contribution is 2.22. The summed E-state index contributed by atoms with van der Waals surface area (Å²) in [5, 5.41) is 5.48. The van der Waals surface area contributed by atoms with Crippen LogP contribution in [0.4, 0.5) is 0 Å². The number of likely N-dealkylation sites (N-methyl/N-ethyl adjacent to an activating group) is 1. The second-order valence-corrected chi connectivity index (χ2v) is 4.77. The molecule has 0 spiro atoms. The summed E-state index contributed by atoms with van der Waals surface area (Å²) in [4.78, 5) is 3.63. The van der Waals surface area contributed by atoms with Gasteiger partial charge in [-0.2, -0.15) is 0 Å². The molecule has 2 rings (SSSR count). The average Bonchev–Trinajstić information content (AvgIpc) is 2.70. The first kappa shape index (κ1) is 10.1. The van der Waals surface area contributed by atoms with Gasteiger partial charge in [0.2, 0.25) is 0 Å². The molecule has 3 nitrogen and oxygen atoms in total. The highest BCUT2D eigenvalue weighted by Gasteiger charge is 2.26. The number of thiophene rings is 1. The highest BCUT2D eigenvalue weighted by atomic mass is 32.1. The van der Waals surface area contributed by atoms with Gasteiger partial charge in [-0.25, -0.2) is 0 Å². The minimum absolute atomic E-state index is 0.146. The van der Waals surface area contributed by atoms with Gasteiger partial charge in [-0.05, 0) is 18.5 Å². The summed E-state index contributed by atoms with van der Waals surface area (Å²) in [5.41, 5.74) is 6.23. The van der Waals surface area contributed by atoms with Crippen molar-refractivity contribution in [3.63, 3.8) is 0 Å². The quantitative estimate of drug-likeness (QED) is 0.755. The SMILES string of the molecule is CN1CCNCC1C(N)c1cccs1. The Bertz CT molecular complexity index is 273. The van der Waals surface area contributed by atoms with Gasteiger partial charge < -0.3 is 11.1 Å². The molecule has 0 amide bonds. The lowest BCUT2D eigenvalue weighted by molar-refractivity contribution is 0.175. The Morgan fingerprint density at radius 1 is 1.71 bits per heavy atom. The predicted molar refractivity (Wildman–Crippen MR) is 60.5 cm³/mol. The highest BCUT2D eigenvalue weighted by molar-refractivity contribution is 7.10. The van der Waals surface area contributed by atoms with E-state index >= 15 is 0 Å². The van der Waals surface area contributed by atoms with E-state index < -0.39 is 0 Å². The third-order valence-corrected chi connectivity index (χ3v) is 3.82. The molecular weight excluding hydrogens is 194 g/mol. The number of rotatable bonds is 2. The van der Waals surface area contributed by atoms with Gasteiger partial charge in [0.15, 0.2) is 0 Å². The van der Waals surface area contributed by atoms with Crippen molar-refractivity contribution < 1.29 is 0 Å². The summed E-state index contributed by atoms with van der Waals surface area (Å²) in [7, 11) is 2.15. The maximum absolute atomic E-state index is 6.23. The number of nitrogens with one attached hydrogen (secondary N) is 1. The molecule has 78 valence electrons. The van der Waals surface area contributed by atoms with Crippen LogP contribution in [-0.2, 0) is 0 Å². The zero-order chi connectivity index (χ0) is 9.97. The van der Waals surface area contributed by atoms with Crippen molar-refractivity contribution in [1.82, 2.24) is 10.2 Å². The summed E-state index contributed by atoms with van der Waals surface area (Å²) in [6, 6.07) is 4.77. The van der Waals surface area contributed by atoms with Crippen molar-refractivity contribution in [2.45, 2.75) is 12.1 Å². The zero-order valence-corrected chi connectivity index (χ0v) is 9.26. The molecule has 1 saturated heterocycles. The van der Waals surface area contributed by atoms with Crippen LogP contribution < -0.4 is 11.1 Å². The fraction of sp³-hybridized carbons (Fsp3) is 0.600. The molecule has 0 bridgehead atoms. The number of hydrogen-bond acceptors (Lipinski definition) is 4. The van der Waals surface area contributed by atoms with Gasteiger partial charge in [0.05, 0.1) is 6.04 Å². The molecule has 0 saturated carbocycles. The van der Waals surface area contributed by atoms with Crippen molar-refractivity contribution in [1.29, 1.82) is 0 Å². The van der Waals surface area contributed by atoms with Gasteiger partial charge >= 0.3 is 0 Å². The smallest absolute Gasteiger partial charge is 0.0560 e. The van der Waals surface area contributed by atoms with Crippen LogP contribution in [0.25, 0.3) is 0 Å². The van der Waals surface area contributed by atoms with E-state index in [0.717, 1.165) is 19.6 Å². The Morgan fingerprint density at radius 3 is 3.21 bits per heavy atom. The summed E-state index contributed by atoms with van der Waals surface area (Å²) in [5.74, 6) is 0. The van der Waals surface area contributed by atoms with Crippen molar-refractivity contribution in [2.24, 2.45) is 5.73 Å². The van der Waals surface area contributed by atoms with Gasteiger partial charge in [0.1, 0.15) is 0 Å². The first-order valence-electron chi connectivity index (χ1n) is 4.99. The van der Waals surface area contributed by atoms with Gasteiger partial charge in [0, 0.05) is 30.6 Å². The van der Waals surface area contributed by atoms with E-state index in [-0.39, 0.29) is 6.04 Å². The molecule has 1 aliphatic heterocycles. The van der Waals surface area contributed by atoms with E-state index in [9.17, 15) is 0 Å². The summed E-state index contributed by atoms with van der Waals surface area (Å²) >= 11 is 1.75. The van der Waals surface area contributed by atoms with E-state index in [0.29, 0.717) is 6.04 Å². The van der Waals surface area contributed by atoms with E-state index in [4.69, 9.17) is 5.73 Å². The molecule has 4 heteroatoms. The minimum Gasteiger partial charge on any atom is -0.322 e. The fourth-order valence-corrected chi connectivity index (χ4v) is 2.68. The van der Waals surface area contributed by atoms with Gasteiger partial charge in [0.25, 0.3) is 0 Å². The van der Waals surface area contributed by atoms with Crippen LogP contribution >= 0.6 is 11.3 Å². The molecule has 2 heterocycles. The van der Waals surface area contributed by atoms with E-state index in [1.54, 1.807) is 11.3 Å². The fourth-order valence-electron chi connectivity index (χ4n) is 1.90. The van der Waals surface area contributed by atoms with Crippen LogP contribution in [0.15, 0.2) is 17.5 Å². The van der Waals surface area contributed by atoms with Crippen LogP contribution in [0.3, 0.4) is 0 Å². The van der Waals surface area contributed by atoms with Gasteiger partial charge in [-0.15, -0.1) is 11.3 Å². The van der Waals surface area contributed by atoms with Gasteiger partial charge in [-0.1, -0.05) is 6.07 Å². The Labute approximate surface area is 88.9 Å². The first-order chi connectivity index (χ1) is 6.79. The lowest BCUT2D eigenvalue weighted by Gasteiger charge is -2.36. The number of nitrogens with two attached hydrogens (primary N) is 1. The maximum atomic E-state index is 6.23. The summed E-state index contributed by atoms with van der Waals surface area (Å²) in [6.07, 6.45) is 0. The zero-order valence-electron chi connectivity index (χ0n) is 8.44. The lowest BCUT2D eigenvalue weighted by atomic mass is 10.0. The molecule has 2 atom stereocenters. The van der Waals surface area contributed by atoms with E-state index in [1.807, 2.05) is 0 Å². The van der Waals surface area contributed by atoms with Crippen LogP contribution in [-0.4, -0.2) is 37.6 Å². The number of nitrogens with zero attached hydrogens (tertiary/aromatic N) is 1. The topological polar surface area (TPSA) is 41.3 Å². The largest absolute Gasteiger partial charge is 0.322 e. The van der Waals surface area contributed by atoms with E-state index in [1.165, 1.54) is 4.88 Å². The molecule has 1 aromatic rings. The molecule has 0 aromatic carbocycles. The molecule has 3 N–H and O–H groups in total. The number of hydrogen-bond donors (Lipinski definition) is 2. The van der Waals surface area contributed by atoms with Crippen molar-refractivity contribution in [3.8, 4) is 0 Å². The molecule has 0 aliphatic carbocycles. The minimum atomic E-state index is 0.146. The van der Waals surface area contributed by atoms with Crippen LogP contribution in [0.5, 0.6) is 0 Å². The maximum Gasteiger partial charge on any atom is 0.0560 e. The first-order valence-corrected chi connectivity index (χ1v) is 5.87. The molecule has 2 unspecified atom stereocenters.